The summed E-state index contributed by atoms with van der Waals surface area (Å²) in [5.41, 5.74) is 2.58. The highest BCUT2D eigenvalue weighted by molar-refractivity contribution is 5.96. The van der Waals surface area contributed by atoms with E-state index in [9.17, 15) is 24.3 Å². The number of Topliss-reactive ketones (excluding diaryl/α,β-unsaturated/α-hetero) is 1. The SMILES string of the molecule is CC(=O)C1CCC2C3CCC4=CC(=NOCC(=O)NCC(=O)NC(C(=O)O)C(C)C)CC[C@]4(C)C3CC[C@]12C. The summed E-state index contributed by atoms with van der Waals surface area (Å²) < 4.78 is 0. The number of hydrogen-bond donors (Lipinski definition) is 3. The van der Waals surface area contributed by atoms with Crippen molar-refractivity contribution in [2.45, 2.75) is 92.0 Å². The van der Waals surface area contributed by atoms with Crippen LogP contribution in [0.4, 0.5) is 0 Å². The zero-order chi connectivity index (χ0) is 28.5. The second kappa shape index (κ2) is 11.4. The van der Waals surface area contributed by atoms with Gasteiger partial charge in [0.15, 0.2) is 6.61 Å². The van der Waals surface area contributed by atoms with E-state index in [4.69, 9.17) is 4.84 Å². The molecule has 2 amide bonds. The molecule has 3 saturated carbocycles. The van der Waals surface area contributed by atoms with E-state index in [-0.39, 0.29) is 35.8 Å². The first-order chi connectivity index (χ1) is 18.4. The van der Waals surface area contributed by atoms with Crippen LogP contribution in [0.2, 0.25) is 0 Å². The topological polar surface area (TPSA) is 134 Å². The van der Waals surface area contributed by atoms with Crippen molar-refractivity contribution >= 4 is 29.3 Å². The molecule has 0 aromatic rings. The molecule has 0 aromatic heterocycles. The maximum absolute atomic E-state index is 12.4. The number of carboxylic acid groups (broad SMARTS) is 1. The summed E-state index contributed by atoms with van der Waals surface area (Å²) in [5.74, 6) is 0.0981. The average Bonchev–Trinajstić information content (AvgIpc) is 3.23. The molecule has 39 heavy (non-hydrogen) atoms. The molecule has 0 saturated heterocycles. The molecule has 4 aliphatic carbocycles. The summed E-state index contributed by atoms with van der Waals surface area (Å²) in [4.78, 5) is 53.0. The van der Waals surface area contributed by atoms with Crippen LogP contribution in [0.1, 0.15) is 86.0 Å². The number of amides is 2. The molecular weight excluding hydrogens is 498 g/mol. The van der Waals surface area contributed by atoms with Gasteiger partial charge in [-0.3, -0.25) is 14.4 Å². The molecule has 5 unspecified atom stereocenters. The van der Waals surface area contributed by atoms with Crippen LogP contribution in [0.5, 0.6) is 0 Å². The third-order valence-corrected chi connectivity index (χ3v) is 10.5. The molecule has 0 aliphatic heterocycles. The number of nitrogens with one attached hydrogen (secondary N) is 2. The van der Waals surface area contributed by atoms with E-state index in [1.54, 1.807) is 20.8 Å². The molecule has 9 heteroatoms. The number of carbonyl (C=O) groups is 4. The minimum atomic E-state index is -1.11. The van der Waals surface area contributed by atoms with E-state index in [1.165, 1.54) is 18.4 Å². The second-order valence-corrected chi connectivity index (χ2v) is 13.0. The van der Waals surface area contributed by atoms with Crippen LogP contribution in [0.25, 0.3) is 0 Å². The van der Waals surface area contributed by atoms with Crippen LogP contribution >= 0.6 is 0 Å². The van der Waals surface area contributed by atoms with Crippen LogP contribution in [0, 0.1) is 40.4 Å². The van der Waals surface area contributed by atoms with E-state index in [0.29, 0.717) is 23.5 Å². The smallest absolute Gasteiger partial charge is 0.326 e. The number of allylic oxidation sites excluding steroid dienone is 2. The van der Waals surface area contributed by atoms with E-state index in [0.717, 1.165) is 44.2 Å². The van der Waals surface area contributed by atoms with Gasteiger partial charge in [-0.25, -0.2) is 4.79 Å². The van der Waals surface area contributed by atoms with Crippen molar-refractivity contribution in [2.24, 2.45) is 45.6 Å². The van der Waals surface area contributed by atoms with Crippen molar-refractivity contribution in [3.8, 4) is 0 Å². The maximum Gasteiger partial charge on any atom is 0.326 e. The Kier molecular flexibility index (Phi) is 8.57. The summed E-state index contributed by atoms with van der Waals surface area (Å²) >= 11 is 0. The first-order valence-corrected chi connectivity index (χ1v) is 14.6. The lowest BCUT2D eigenvalue weighted by Gasteiger charge is -2.58. The fourth-order valence-corrected chi connectivity index (χ4v) is 8.45. The predicted molar refractivity (Wildman–Crippen MR) is 147 cm³/mol. The highest BCUT2D eigenvalue weighted by Crippen LogP contribution is 2.66. The summed E-state index contributed by atoms with van der Waals surface area (Å²) in [6.07, 6.45) is 10.7. The highest BCUT2D eigenvalue weighted by Gasteiger charge is 2.59. The Labute approximate surface area is 231 Å². The number of hydrogen-bond acceptors (Lipinski definition) is 6. The largest absolute Gasteiger partial charge is 0.480 e. The van der Waals surface area contributed by atoms with E-state index in [1.807, 2.05) is 0 Å². The highest BCUT2D eigenvalue weighted by atomic mass is 16.6. The Morgan fingerprint density at radius 2 is 1.79 bits per heavy atom. The molecule has 0 spiro atoms. The summed E-state index contributed by atoms with van der Waals surface area (Å²) in [6, 6.07) is -1.01. The van der Waals surface area contributed by atoms with E-state index < -0.39 is 23.8 Å². The van der Waals surface area contributed by atoms with Crippen molar-refractivity contribution in [3.63, 3.8) is 0 Å². The second-order valence-electron chi connectivity index (χ2n) is 13.0. The van der Waals surface area contributed by atoms with E-state index in [2.05, 4.69) is 35.7 Å². The minimum absolute atomic E-state index is 0.145. The lowest BCUT2D eigenvalue weighted by Crippen LogP contribution is -2.51. The lowest BCUT2D eigenvalue weighted by molar-refractivity contribution is -0.143. The molecule has 0 radical (unpaired) electrons. The van der Waals surface area contributed by atoms with Crippen molar-refractivity contribution in [1.29, 1.82) is 0 Å². The average molecular weight is 544 g/mol. The molecular formula is C30H45N3O6. The molecule has 4 rings (SSSR count). The molecule has 0 aromatic carbocycles. The molecule has 0 heterocycles. The maximum atomic E-state index is 12.4. The summed E-state index contributed by atoms with van der Waals surface area (Å²) in [5, 5.41) is 18.3. The lowest BCUT2D eigenvalue weighted by atomic mass is 9.46. The van der Waals surface area contributed by atoms with Crippen molar-refractivity contribution in [2.75, 3.05) is 13.2 Å². The molecule has 216 valence electrons. The number of fused-ring (bicyclic) bond motifs is 5. The number of nitrogens with zero attached hydrogens (tertiary/aromatic N) is 1. The van der Waals surface area contributed by atoms with Gasteiger partial charge in [0.25, 0.3) is 5.91 Å². The molecule has 3 fully saturated rings. The normalized spacial score (nSPS) is 35.2. The summed E-state index contributed by atoms with van der Waals surface area (Å²) in [6.45, 7) is 9.33. The Hall–Kier alpha value is -2.71. The molecule has 9 nitrogen and oxygen atoms in total. The van der Waals surface area contributed by atoms with Crippen molar-refractivity contribution < 1.29 is 29.1 Å². The van der Waals surface area contributed by atoms with E-state index >= 15 is 0 Å². The molecule has 7 atom stereocenters. The van der Waals surface area contributed by atoms with Gasteiger partial charge >= 0.3 is 5.97 Å². The zero-order valence-corrected chi connectivity index (χ0v) is 24.0. The van der Waals surface area contributed by atoms with Crippen molar-refractivity contribution in [3.05, 3.63) is 11.6 Å². The quantitative estimate of drug-likeness (QED) is 0.378. The Balaban J connectivity index is 1.30. The van der Waals surface area contributed by atoms with Crippen LogP contribution < -0.4 is 10.6 Å². The number of carboxylic acids is 1. The van der Waals surface area contributed by atoms with Gasteiger partial charge in [0.1, 0.15) is 11.8 Å². The van der Waals surface area contributed by atoms with Gasteiger partial charge in [0.2, 0.25) is 5.91 Å². The number of oxime groups is 1. The first kappa shape index (κ1) is 29.3. The Morgan fingerprint density at radius 1 is 1.05 bits per heavy atom. The van der Waals surface area contributed by atoms with Gasteiger partial charge < -0.3 is 20.6 Å². The van der Waals surface area contributed by atoms with Crippen LogP contribution in [0.3, 0.4) is 0 Å². The molecule has 4 aliphatic rings. The minimum Gasteiger partial charge on any atom is -0.480 e. The Morgan fingerprint density at radius 3 is 2.46 bits per heavy atom. The predicted octanol–water partition coefficient (Wildman–Crippen LogP) is 3.87. The Bertz CT molecular complexity index is 1070. The first-order valence-electron chi connectivity index (χ1n) is 14.6. The summed E-state index contributed by atoms with van der Waals surface area (Å²) in [7, 11) is 0. The fourth-order valence-electron chi connectivity index (χ4n) is 8.45. The van der Waals surface area contributed by atoms with Crippen molar-refractivity contribution in [1.82, 2.24) is 10.6 Å². The van der Waals surface area contributed by atoms with Crippen LogP contribution in [-0.4, -0.2) is 53.6 Å². The number of rotatable bonds is 9. The number of carbonyl (C=O) groups excluding carboxylic acids is 3. The molecule has 3 N–H and O–H groups in total. The van der Waals surface area contributed by atoms with Crippen LogP contribution in [-0.2, 0) is 24.0 Å². The third kappa shape index (κ3) is 5.78. The number of ketones is 1. The van der Waals surface area contributed by atoms with Gasteiger partial charge in [-0.15, -0.1) is 0 Å². The van der Waals surface area contributed by atoms with Gasteiger partial charge in [-0.1, -0.05) is 38.4 Å². The standard InChI is InChI=1S/C30H45N3O6/c1-17(2)27(28(37)38)32-25(35)15-31-26(36)16-39-33-20-10-12-29(4)19(14-20)6-7-21-23-9-8-22(18(3)34)30(23,5)13-11-24(21)29/h14,17,21-24,27H,6-13,15-16H2,1-5H3,(H,31,36)(H,32,35)(H,37,38)/t21?,22?,23?,24?,27?,29-,30+/m0/s1. The fraction of sp³-hybridized carbons (Fsp3) is 0.767. The van der Waals surface area contributed by atoms with Gasteiger partial charge in [-0.05, 0) is 98.9 Å². The zero-order valence-electron chi connectivity index (χ0n) is 24.0. The van der Waals surface area contributed by atoms with Crippen LogP contribution in [0.15, 0.2) is 16.8 Å². The van der Waals surface area contributed by atoms with Gasteiger partial charge in [0.05, 0.1) is 12.3 Å². The monoisotopic (exact) mass is 543 g/mol. The van der Waals surface area contributed by atoms with Gasteiger partial charge in [-0.2, -0.15) is 0 Å². The third-order valence-electron chi connectivity index (χ3n) is 10.5. The number of aliphatic carboxylic acids is 1. The van der Waals surface area contributed by atoms with Gasteiger partial charge in [0, 0.05) is 5.92 Å². The molecule has 0 bridgehead atoms.